The number of aromatic nitrogens is 2. The fraction of sp³-hybridized carbons (Fsp3) is 0.455. The van der Waals surface area contributed by atoms with Crippen molar-refractivity contribution in [3.63, 3.8) is 0 Å². The molecule has 2 N–H and O–H groups in total. The standard InChI is InChI=1S/C11H15N3O2/c1-6(2)9(12)11-13-10(14-16-11)8-4-5-15-7(8)3/h4-6,9H,12H2,1-3H3/t9-/m0/s1. The molecule has 2 aromatic heterocycles. The summed E-state index contributed by atoms with van der Waals surface area (Å²) in [6.07, 6.45) is 1.60. The molecule has 2 heterocycles. The SMILES string of the molecule is Cc1occc1-c1noc([C@@H](N)C(C)C)n1. The number of aryl methyl sites for hydroxylation is 1. The minimum atomic E-state index is -0.228. The molecule has 0 radical (unpaired) electrons. The Morgan fingerprint density at radius 1 is 1.38 bits per heavy atom. The Balaban J connectivity index is 2.30. The minimum Gasteiger partial charge on any atom is -0.469 e. The number of hydrogen-bond donors (Lipinski definition) is 1. The zero-order valence-electron chi connectivity index (χ0n) is 9.60. The van der Waals surface area contributed by atoms with Crippen LogP contribution in [0.25, 0.3) is 11.4 Å². The van der Waals surface area contributed by atoms with Gasteiger partial charge >= 0.3 is 0 Å². The Morgan fingerprint density at radius 2 is 2.12 bits per heavy atom. The highest BCUT2D eigenvalue weighted by Gasteiger charge is 2.19. The predicted octanol–water partition coefficient (Wildman–Crippen LogP) is 2.29. The fourth-order valence-electron chi connectivity index (χ4n) is 1.38. The number of hydrogen-bond acceptors (Lipinski definition) is 5. The van der Waals surface area contributed by atoms with Gasteiger partial charge < -0.3 is 14.7 Å². The van der Waals surface area contributed by atoms with E-state index in [4.69, 9.17) is 14.7 Å². The second-order valence-corrected chi connectivity index (χ2v) is 4.12. The first kappa shape index (κ1) is 10.9. The van der Waals surface area contributed by atoms with Crippen LogP contribution in [0.1, 0.15) is 31.5 Å². The largest absolute Gasteiger partial charge is 0.469 e. The van der Waals surface area contributed by atoms with Crippen molar-refractivity contribution >= 4 is 0 Å². The molecule has 5 nitrogen and oxygen atoms in total. The second-order valence-electron chi connectivity index (χ2n) is 4.12. The van der Waals surface area contributed by atoms with Crippen LogP contribution in [0.4, 0.5) is 0 Å². The Labute approximate surface area is 93.6 Å². The molecular formula is C11H15N3O2. The molecule has 0 bridgehead atoms. The first-order chi connectivity index (χ1) is 7.59. The van der Waals surface area contributed by atoms with Crippen LogP contribution >= 0.6 is 0 Å². The van der Waals surface area contributed by atoms with Crippen LogP contribution in [0.15, 0.2) is 21.3 Å². The topological polar surface area (TPSA) is 78.1 Å². The van der Waals surface area contributed by atoms with Gasteiger partial charge in [-0.2, -0.15) is 4.98 Å². The molecule has 1 atom stereocenters. The van der Waals surface area contributed by atoms with Gasteiger partial charge in [0.15, 0.2) is 0 Å². The Bertz CT molecular complexity index is 473. The molecule has 0 aliphatic carbocycles. The van der Waals surface area contributed by atoms with Gasteiger partial charge in [0.2, 0.25) is 11.7 Å². The van der Waals surface area contributed by atoms with Crippen molar-refractivity contribution in [2.75, 3.05) is 0 Å². The molecule has 2 rings (SSSR count). The molecule has 0 unspecified atom stereocenters. The minimum absolute atomic E-state index is 0.228. The summed E-state index contributed by atoms with van der Waals surface area (Å²) in [5.41, 5.74) is 6.76. The summed E-state index contributed by atoms with van der Waals surface area (Å²) in [4.78, 5) is 4.27. The van der Waals surface area contributed by atoms with Crippen molar-refractivity contribution in [1.82, 2.24) is 10.1 Å². The summed E-state index contributed by atoms with van der Waals surface area (Å²) < 4.78 is 10.3. The quantitative estimate of drug-likeness (QED) is 0.860. The van der Waals surface area contributed by atoms with Crippen LogP contribution in [0.3, 0.4) is 0 Å². The van der Waals surface area contributed by atoms with E-state index in [9.17, 15) is 0 Å². The molecule has 0 aliphatic heterocycles. The van der Waals surface area contributed by atoms with Crippen molar-refractivity contribution in [2.24, 2.45) is 11.7 Å². The molecule has 0 aromatic carbocycles. The smallest absolute Gasteiger partial charge is 0.244 e. The Hall–Kier alpha value is -1.62. The van der Waals surface area contributed by atoms with Crippen molar-refractivity contribution in [2.45, 2.75) is 26.8 Å². The van der Waals surface area contributed by atoms with Gasteiger partial charge in [-0.3, -0.25) is 0 Å². The van der Waals surface area contributed by atoms with Crippen LogP contribution in [0, 0.1) is 12.8 Å². The van der Waals surface area contributed by atoms with Gasteiger partial charge in [-0.05, 0) is 18.9 Å². The van der Waals surface area contributed by atoms with Crippen LogP contribution in [0.5, 0.6) is 0 Å². The average Bonchev–Trinajstić information content (AvgIpc) is 2.84. The highest BCUT2D eigenvalue weighted by molar-refractivity contribution is 5.56. The third-order valence-electron chi connectivity index (χ3n) is 2.54. The van der Waals surface area contributed by atoms with E-state index in [0.29, 0.717) is 11.7 Å². The summed E-state index contributed by atoms with van der Waals surface area (Å²) in [6.45, 7) is 5.88. The zero-order valence-corrected chi connectivity index (χ0v) is 9.60. The molecule has 0 saturated carbocycles. The van der Waals surface area contributed by atoms with Gasteiger partial charge in [-0.1, -0.05) is 19.0 Å². The zero-order chi connectivity index (χ0) is 11.7. The predicted molar refractivity (Wildman–Crippen MR) is 58.5 cm³/mol. The molecule has 0 amide bonds. The Kier molecular flexibility index (Phi) is 2.78. The molecule has 2 aromatic rings. The van der Waals surface area contributed by atoms with Gasteiger partial charge in [0.05, 0.1) is 17.9 Å². The lowest BCUT2D eigenvalue weighted by atomic mass is 10.1. The van der Waals surface area contributed by atoms with Gasteiger partial charge in [-0.25, -0.2) is 0 Å². The number of rotatable bonds is 3. The van der Waals surface area contributed by atoms with Gasteiger partial charge in [0.1, 0.15) is 5.76 Å². The lowest BCUT2D eigenvalue weighted by Gasteiger charge is -2.09. The Morgan fingerprint density at radius 3 is 2.69 bits per heavy atom. The molecule has 0 spiro atoms. The maximum atomic E-state index is 5.92. The van der Waals surface area contributed by atoms with Crippen LogP contribution in [-0.2, 0) is 0 Å². The van der Waals surface area contributed by atoms with Gasteiger partial charge in [0.25, 0.3) is 0 Å². The normalized spacial score (nSPS) is 13.3. The molecular weight excluding hydrogens is 206 g/mol. The third-order valence-corrected chi connectivity index (χ3v) is 2.54. The summed E-state index contributed by atoms with van der Waals surface area (Å²) in [5.74, 6) is 2.02. The third kappa shape index (κ3) is 1.86. The van der Waals surface area contributed by atoms with E-state index in [0.717, 1.165) is 11.3 Å². The van der Waals surface area contributed by atoms with Crippen molar-refractivity contribution in [3.8, 4) is 11.4 Å². The molecule has 16 heavy (non-hydrogen) atoms. The highest BCUT2D eigenvalue weighted by atomic mass is 16.5. The maximum Gasteiger partial charge on any atom is 0.244 e. The van der Waals surface area contributed by atoms with Crippen molar-refractivity contribution in [3.05, 3.63) is 24.0 Å². The van der Waals surface area contributed by atoms with Gasteiger partial charge in [0, 0.05) is 0 Å². The van der Waals surface area contributed by atoms with E-state index >= 15 is 0 Å². The second kappa shape index (κ2) is 4.09. The summed E-state index contributed by atoms with van der Waals surface area (Å²) in [5, 5.41) is 3.90. The number of nitrogens with two attached hydrogens (primary N) is 1. The lowest BCUT2D eigenvalue weighted by molar-refractivity contribution is 0.325. The van der Waals surface area contributed by atoms with E-state index in [1.54, 1.807) is 6.26 Å². The summed E-state index contributed by atoms with van der Waals surface area (Å²) in [7, 11) is 0. The highest BCUT2D eigenvalue weighted by Crippen LogP contribution is 2.24. The molecule has 0 fully saturated rings. The first-order valence-electron chi connectivity index (χ1n) is 5.23. The van der Waals surface area contributed by atoms with Crippen LogP contribution < -0.4 is 5.73 Å². The maximum absolute atomic E-state index is 5.92. The van der Waals surface area contributed by atoms with E-state index in [1.165, 1.54) is 0 Å². The van der Waals surface area contributed by atoms with Crippen LogP contribution in [0.2, 0.25) is 0 Å². The van der Waals surface area contributed by atoms with Gasteiger partial charge in [-0.15, -0.1) is 0 Å². The molecule has 5 heteroatoms. The van der Waals surface area contributed by atoms with E-state index in [-0.39, 0.29) is 12.0 Å². The van der Waals surface area contributed by atoms with Crippen molar-refractivity contribution < 1.29 is 8.94 Å². The average molecular weight is 221 g/mol. The first-order valence-corrected chi connectivity index (χ1v) is 5.23. The van der Waals surface area contributed by atoms with Crippen molar-refractivity contribution in [1.29, 1.82) is 0 Å². The van der Waals surface area contributed by atoms with Crippen LogP contribution in [-0.4, -0.2) is 10.1 Å². The summed E-state index contributed by atoms with van der Waals surface area (Å²) in [6, 6.07) is 1.58. The van der Waals surface area contributed by atoms with E-state index in [1.807, 2.05) is 26.8 Å². The molecule has 86 valence electrons. The lowest BCUT2D eigenvalue weighted by Crippen LogP contribution is -2.16. The van der Waals surface area contributed by atoms with E-state index < -0.39 is 0 Å². The molecule has 0 saturated heterocycles. The summed E-state index contributed by atoms with van der Waals surface area (Å²) >= 11 is 0. The van der Waals surface area contributed by atoms with E-state index in [2.05, 4.69) is 10.1 Å². The number of furan rings is 1. The molecule has 0 aliphatic rings. The number of nitrogens with zero attached hydrogens (tertiary/aromatic N) is 2. The fourth-order valence-corrected chi connectivity index (χ4v) is 1.38. The monoisotopic (exact) mass is 221 g/mol.